The van der Waals surface area contributed by atoms with E-state index in [1.54, 1.807) is 12.3 Å². The van der Waals surface area contributed by atoms with E-state index in [4.69, 9.17) is 21.0 Å². The van der Waals surface area contributed by atoms with Gasteiger partial charge in [-0.05, 0) is 61.9 Å². The first-order valence-corrected chi connectivity index (χ1v) is 11.6. The fraction of sp³-hybridized carbons (Fsp3) is 0.346. The van der Waals surface area contributed by atoms with Crippen LogP contribution in [0.4, 0.5) is 10.2 Å². The van der Waals surface area contributed by atoms with E-state index >= 15 is 0 Å². The van der Waals surface area contributed by atoms with Gasteiger partial charge in [-0.2, -0.15) is 5.10 Å². The highest BCUT2D eigenvalue weighted by molar-refractivity contribution is 6.11. The second-order valence-corrected chi connectivity index (χ2v) is 9.15. The summed E-state index contributed by atoms with van der Waals surface area (Å²) in [4.78, 5) is 4.42. The quantitative estimate of drug-likeness (QED) is 0.540. The van der Waals surface area contributed by atoms with Gasteiger partial charge in [0.05, 0.1) is 11.4 Å². The molecule has 2 aliphatic rings. The van der Waals surface area contributed by atoms with Crippen LogP contribution in [0.2, 0.25) is 0 Å². The minimum atomic E-state index is -0.542. The van der Waals surface area contributed by atoms with Crippen molar-refractivity contribution in [3.05, 3.63) is 70.6 Å². The van der Waals surface area contributed by atoms with Crippen LogP contribution in [0.15, 0.2) is 42.2 Å². The van der Waals surface area contributed by atoms with Gasteiger partial charge < -0.3 is 15.8 Å². The number of aromatic nitrogens is 3. The first kappa shape index (κ1) is 22.1. The number of aryl methyl sites for hydroxylation is 1. The number of benzene rings is 1. The molecule has 0 amide bonds. The second-order valence-electron chi connectivity index (χ2n) is 9.15. The number of pyridine rings is 1. The summed E-state index contributed by atoms with van der Waals surface area (Å²) in [6.45, 7) is 1.83. The van der Waals surface area contributed by atoms with Crippen molar-refractivity contribution in [2.45, 2.75) is 38.7 Å². The number of anilines is 1. The van der Waals surface area contributed by atoms with Crippen molar-refractivity contribution in [3.63, 3.8) is 0 Å². The Morgan fingerprint density at radius 1 is 1.32 bits per heavy atom. The minimum absolute atomic E-state index is 0.269. The monoisotopic (exact) mass is 460 g/mol. The van der Waals surface area contributed by atoms with Crippen LogP contribution in [-0.2, 0) is 19.9 Å². The molecule has 1 atom stereocenters. The first-order valence-electron chi connectivity index (χ1n) is 11.6. The van der Waals surface area contributed by atoms with Gasteiger partial charge in [-0.1, -0.05) is 0 Å². The van der Waals surface area contributed by atoms with Gasteiger partial charge >= 0.3 is 0 Å². The Bertz CT molecular complexity index is 1310. The maximum absolute atomic E-state index is 14.2. The van der Waals surface area contributed by atoms with E-state index < -0.39 is 6.10 Å². The Kier molecular flexibility index (Phi) is 5.59. The fourth-order valence-corrected chi connectivity index (χ4v) is 4.68. The lowest BCUT2D eigenvalue weighted by atomic mass is 9.91. The number of nitrogen functional groups attached to an aromatic ring is 1. The van der Waals surface area contributed by atoms with Crippen LogP contribution in [0, 0.1) is 17.1 Å². The lowest BCUT2D eigenvalue weighted by molar-refractivity contribution is 0.227. The van der Waals surface area contributed by atoms with Crippen molar-refractivity contribution in [2.75, 3.05) is 12.8 Å². The molecule has 1 unspecified atom stereocenters. The molecule has 1 aliphatic carbocycles. The van der Waals surface area contributed by atoms with Crippen LogP contribution in [0.25, 0.3) is 11.1 Å². The molecule has 3 aromatic rings. The molecule has 7 nitrogen and oxygen atoms in total. The van der Waals surface area contributed by atoms with E-state index in [2.05, 4.69) is 10.3 Å². The zero-order chi connectivity index (χ0) is 24.0. The van der Waals surface area contributed by atoms with Gasteiger partial charge in [0.2, 0.25) is 0 Å². The van der Waals surface area contributed by atoms with Crippen molar-refractivity contribution < 1.29 is 9.13 Å². The number of hydrogen-bond acceptors (Lipinski definition) is 6. The molecule has 2 bridgehead atoms. The summed E-state index contributed by atoms with van der Waals surface area (Å²) in [5.41, 5.74) is 12.3. The third kappa shape index (κ3) is 4.04. The number of allylic oxidation sites excluding steroid dienone is 1. The van der Waals surface area contributed by atoms with Crippen LogP contribution in [0.3, 0.4) is 0 Å². The summed E-state index contributed by atoms with van der Waals surface area (Å²) >= 11 is 0. The third-order valence-electron chi connectivity index (χ3n) is 6.61. The number of halogens is 1. The van der Waals surface area contributed by atoms with Crippen molar-refractivity contribution in [1.82, 2.24) is 20.1 Å². The van der Waals surface area contributed by atoms with E-state index in [-0.39, 0.29) is 11.6 Å². The molecule has 1 aliphatic heterocycles. The number of rotatable bonds is 3. The van der Waals surface area contributed by atoms with Crippen LogP contribution in [0.1, 0.15) is 48.4 Å². The normalized spacial score (nSPS) is 19.0. The molecule has 1 aromatic carbocycles. The number of nitrogens with two attached hydrogens (primary N) is 1. The van der Waals surface area contributed by atoms with Gasteiger partial charge in [0, 0.05) is 60.9 Å². The van der Waals surface area contributed by atoms with E-state index in [0.717, 1.165) is 34.5 Å². The van der Waals surface area contributed by atoms with Gasteiger partial charge in [0.15, 0.2) is 11.6 Å². The molecule has 1 saturated carbocycles. The van der Waals surface area contributed by atoms with Crippen LogP contribution >= 0.6 is 0 Å². The lowest BCUT2D eigenvalue weighted by Gasteiger charge is -2.22. The molecule has 2 aromatic heterocycles. The molecule has 8 heteroatoms. The molecule has 176 valence electrons. The Morgan fingerprint density at radius 2 is 2.12 bits per heavy atom. The molecular formula is C26H29FN6O. The molecule has 0 saturated heterocycles. The van der Waals surface area contributed by atoms with Gasteiger partial charge in [0.25, 0.3) is 0 Å². The lowest BCUT2D eigenvalue weighted by Crippen LogP contribution is -2.17. The second kappa shape index (κ2) is 8.59. The predicted molar refractivity (Wildman–Crippen MR) is 130 cm³/mol. The summed E-state index contributed by atoms with van der Waals surface area (Å²) in [7, 11) is 3.78. The number of nitrogens with zero attached hydrogens (tertiary/aromatic N) is 3. The van der Waals surface area contributed by atoms with E-state index in [1.165, 1.54) is 25.0 Å². The van der Waals surface area contributed by atoms with Crippen molar-refractivity contribution in [2.24, 2.45) is 13.0 Å². The molecule has 0 spiro atoms. The van der Waals surface area contributed by atoms with E-state index in [1.807, 2.05) is 38.0 Å². The Morgan fingerprint density at radius 3 is 2.85 bits per heavy atom. The van der Waals surface area contributed by atoms with Crippen molar-refractivity contribution in [1.29, 1.82) is 5.41 Å². The Balaban J connectivity index is 1.74. The van der Waals surface area contributed by atoms with Gasteiger partial charge in [-0.3, -0.25) is 10.1 Å². The molecule has 1 fully saturated rings. The molecule has 34 heavy (non-hydrogen) atoms. The fourth-order valence-electron chi connectivity index (χ4n) is 4.68. The summed E-state index contributed by atoms with van der Waals surface area (Å²) in [5, 5.41) is 17.0. The van der Waals surface area contributed by atoms with Crippen LogP contribution < -0.4 is 15.8 Å². The average Bonchev–Trinajstić information content (AvgIpc) is 3.57. The van der Waals surface area contributed by atoms with Gasteiger partial charge in [0.1, 0.15) is 11.9 Å². The number of fused-ring (bicyclic) bond motifs is 5. The number of hydrogen-bond donors (Lipinski definition) is 3. The predicted octanol–water partition coefficient (Wildman–Crippen LogP) is 4.32. The van der Waals surface area contributed by atoms with Gasteiger partial charge in [-0.25, -0.2) is 9.37 Å². The SMILES string of the molecule is CN/C=C1/Cc2nn(C)c(CC3CC3)c2-c2cnc(N)c(c2)OC(C)c2cc(F)ccc2C1=N. The number of ether oxygens (including phenoxy) is 1. The molecule has 5 rings (SSSR count). The average molecular weight is 461 g/mol. The van der Waals surface area contributed by atoms with E-state index in [9.17, 15) is 4.39 Å². The van der Waals surface area contributed by atoms with Crippen molar-refractivity contribution in [3.8, 4) is 16.9 Å². The zero-order valence-corrected chi connectivity index (χ0v) is 19.7. The zero-order valence-electron chi connectivity index (χ0n) is 19.7. The van der Waals surface area contributed by atoms with Crippen molar-refractivity contribution >= 4 is 11.5 Å². The molecular weight excluding hydrogens is 431 g/mol. The van der Waals surface area contributed by atoms with Crippen LogP contribution in [0.5, 0.6) is 5.75 Å². The maximum atomic E-state index is 14.2. The largest absolute Gasteiger partial charge is 0.482 e. The van der Waals surface area contributed by atoms with Crippen LogP contribution in [-0.4, -0.2) is 27.5 Å². The standard InChI is InChI=1S/C26H29FN6O/c1-14-20-11-18(27)6-7-19(20)25(28)17(12-30-2)9-21-24(16-10-23(34-14)26(29)31-13-16)22(33(3)32-21)8-15-4-5-15/h6-7,10-15,28,30H,4-5,8-9H2,1-3H3,(H2,29,31)/b17-12-,28-25?. The van der Waals surface area contributed by atoms with Gasteiger partial charge in [-0.15, -0.1) is 0 Å². The first-order chi connectivity index (χ1) is 16.4. The Hall–Kier alpha value is -3.68. The summed E-state index contributed by atoms with van der Waals surface area (Å²) in [6.07, 6.45) is 6.89. The molecule has 0 radical (unpaired) electrons. The topological polar surface area (TPSA) is 102 Å². The number of nitrogens with one attached hydrogen (secondary N) is 2. The Labute approximate surface area is 198 Å². The highest BCUT2D eigenvalue weighted by Crippen LogP contribution is 2.40. The molecule has 4 N–H and O–H groups in total. The highest BCUT2D eigenvalue weighted by atomic mass is 19.1. The summed E-state index contributed by atoms with van der Waals surface area (Å²) in [6, 6.07) is 6.34. The van der Waals surface area contributed by atoms with E-state index in [0.29, 0.717) is 34.9 Å². The molecule has 3 heterocycles. The smallest absolute Gasteiger partial charge is 0.166 e. The third-order valence-corrected chi connectivity index (χ3v) is 6.61. The minimum Gasteiger partial charge on any atom is -0.482 e. The summed E-state index contributed by atoms with van der Waals surface area (Å²) < 4.78 is 22.4. The maximum Gasteiger partial charge on any atom is 0.166 e. The summed E-state index contributed by atoms with van der Waals surface area (Å²) in [5.74, 6) is 0.992. The highest BCUT2D eigenvalue weighted by Gasteiger charge is 2.29.